The number of benzene rings is 1. The normalized spacial score (nSPS) is 13.1. The van der Waals surface area contributed by atoms with E-state index < -0.39 is 0 Å². The molecule has 0 heterocycles. The standard InChI is InChI=1S/C12H19FN2S/c1-8(2)16-7-12(15-14)10-4-9(3)5-11(13)6-10/h4-6,8,12,15H,7,14H2,1-3H3. The maximum Gasteiger partial charge on any atom is 0.123 e. The highest BCUT2D eigenvalue weighted by molar-refractivity contribution is 7.99. The summed E-state index contributed by atoms with van der Waals surface area (Å²) >= 11 is 1.81. The van der Waals surface area contributed by atoms with E-state index in [0.29, 0.717) is 5.25 Å². The Morgan fingerprint density at radius 1 is 1.38 bits per heavy atom. The molecule has 4 heteroatoms. The molecule has 0 radical (unpaired) electrons. The minimum absolute atomic E-state index is 0.00167. The summed E-state index contributed by atoms with van der Waals surface area (Å²) in [6, 6.07) is 5.03. The molecule has 1 atom stereocenters. The molecule has 90 valence electrons. The van der Waals surface area contributed by atoms with Gasteiger partial charge in [-0.1, -0.05) is 19.9 Å². The number of halogens is 1. The minimum Gasteiger partial charge on any atom is -0.271 e. The van der Waals surface area contributed by atoms with E-state index in [1.165, 1.54) is 6.07 Å². The average molecular weight is 242 g/mol. The summed E-state index contributed by atoms with van der Waals surface area (Å²) in [6.07, 6.45) is 0. The monoisotopic (exact) mass is 242 g/mol. The van der Waals surface area contributed by atoms with Crippen molar-refractivity contribution in [2.45, 2.75) is 32.1 Å². The van der Waals surface area contributed by atoms with Gasteiger partial charge in [-0.25, -0.2) is 4.39 Å². The number of hydrogen-bond acceptors (Lipinski definition) is 3. The van der Waals surface area contributed by atoms with Crippen LogP contribution in [0.1, 0.15) is 31.0 Å². The fraction of sp³-hybridized carbons (Fsp3) is 0.500. The summed E-state index contributed by atoms with van der Waals surface area (Å²) in [5, 5.41) is 0.547. The van der Waals surface area contributed by atoms with E-state index in [2.05, 4.69) is 19.3 Å². The average Bonchev–Trinajstić information content (AvgIpc) is 2.16. The van der Waals surface area contributed by atoms with E-state index in [4.69, 9.17) is 5.84 Å². The van der Waals surface area contributed by atoms with Gasteiger partial charge in [0, 0.05) is 5.75 Å². The van der Waals surface area contributed by atoms with Crippen LogP contribution in [0.3, 0.4) is 0 Å². The van der Waals surface area contributed by atoms with Crippen LogP contribution in [-0.2, 0) is 0 Å². The van der Waals surface area contributed by atoms with Crippen molar-refractivity contribution in [2.24, 2.45) is 5.84 Å². The summed E-state index contributed by atoms with van der Waals surface area (Å²) < 4.78 is 13.2. The lowest BCUT2D eigenvalue weighted by Crippen LogP contribution is -2.30. The largest absolute Gasteiger partial charge is 0.271 e. The highest BCUT2D eigenvalue weighted by atomic mass is 32.2. The van der Waals surface area contributed by atoms with Gasteiger partial charge < -0.3 is 0 Å². The molecule has 2 nitrogen and oxygen atoms in total. The molecule has 1 unspecified atom stereocenters. The Morgan fingerprint density at radius 2 is 2.06 bits per heavy atom. The Bertz CT molecular complexity index is 322. The van der Waals surface area contributed by atoms with Crippen molar-refractivity contribution in [3.63, 3.8) is 0 Å². The van der Waals surface area contributed by atoms with Crippen LogP contribution in [0.25, 0.3) is 0 Å². The lowest BCUT2D eigenvalue weighted by atomic mass is 10.1. The molecule has 0 bridgehead atoms. The van der Waals surface area contributed by atoms with Crippen LogP contribution < -0.4 is 11.3 Å². The number of aryl methyl sites for hydroxylation is 1. The van der Waals surface area contributed by atoms with Crippen LogP contribution in [0.2, 0.25) is 0 Å². The topological polar surface area (TPSA) is 38.0 Å². The first-order chi connectivity index (χ1) is 7.52. The van der Waals surface area contributed by atoms with Gasteiger partial charge in [0.05, 0.1) is 6.04 Å². The van der Waals surface area contributed by atoms with Crippen molar-refractivity contribution in [3.8, 4) is 0 Å². The first-order valence-electron chi connectivity index (χ1n) is 5.37. The third-order valence-electron chi connectivity index (χ3n) is 2.26. The van der Waals surface area contributed by atoms with Crippen molar-refractivity contribution in [1.29, 1.82) is 0 Å². The quantitative estimate of drug-likeness (QED) is 0.616. The molecule has 0 aromatic heterocycles. The van der Waals surface area contributed by atoms with Crippen molar-refractivity contribution in [2.75, 3.05) is 5.75 Å². The van der Waals surface area contributed by atoms with Crippen molar-refractivity contribution < 1.29 is 4.39 Å². The number of hydrazine groups is 1. The predicted octanol–water partition coefficient (Wildman–Crippen LogP) is 2.78. The molecule has 1 aromatic carbocycles. The molecule has 3 N–H and O–H groups in total. The van der Waals surface area contributed by atoms with Gasteiger partial charge in [0.25, 0.3) is 0 Å². The molecule has 0 spiro atoms. The van der Waals surface area contributed by atoms with E-state index >= 15 is 0 Å². The molecule has 1 rings (SSSR count). The van der Waals surface area contributed by atoms with E-state index in [9.17, 15) is 4.39 Å². The number of hydrogen-bond donors (Lipinski definition) is 2. The third kappa shape index (κ3) is 4.12. The molecule has 1 aromatic rings. The lowest BCUT2D eigenvalue weighted by Gasteiger charge is -2.17. The van der Waals surface area contributed by atoms with Crippen molar-refractivity contribution >= 4 is 11.8 Å². The smallest absolute Gasteiger partial charge is 0.123 e. The number of rotatable bonds is 5. The second-order valence-corrected chi connectivity index (χ2v) is 5.77. The number of thioether (sulfide) groups is 1. The second-order valence-electron chi connectivity index (χ2n) is 4.16. The van der Waals surface area contributed by atoms with Crippen molar-refractivity contribution in [1.82, 2.24) is 5.43 Å². The molecular weight excluding hydrogens is 223 g/mol. The zero-order valence-electron chi connectivity index (χ0n) is 9.96. The highest BCUT2D eigenvalue weighted by Crippen LogP contribution is 2.22. The Balaban J connectivity index is 2.78. The molecule has 0 amide bonds. The van der Waals surface area contributed by atoms with Crippen LogP contribution in [-0.4, -0.2) is 11.0 Å². The number of nitrogens with one attached hydrogen (secondary N) is 1. The van der Waals surface area contributed by atoms with Crippen LogP contribution in [0.5, 0.6) is 0 Å². The fourth-order valence-electron chi connectivity index (χ4n) is 1.50. The van der Waals surface area contributed by atoms with Gasteiger partial charge in [-0.15, -0.1) is 0 Å². The van der Waals surface area contributed by atoms with Gasteiger partial charge in [0.15, 0.2) is 0 Å². The van der Waals surface area contributed by atoms with E-state index in [-0.39, 0.29) is 11.9 Å². The first-order valence-corrected chi connectivity index (χ1v) is 6.42. The van der Waals surface area contributed by atoms with Gasteiger partial charge in [-0.05, 0) is 35.4 Å². The maximum absolute atomic E-state index is 13.2. The third-order valence-corrected chi connectivity index (χ3v) is 3.46. The lowest BCUT2D eigenvalue weighted by molar-refractivity contribution is 0.590. The van der Waals surface area contributed by atoms with Crippen molar-refractivity contribution in [3.05, 3.63) is 35.1 Å². The van der Waals surface area contributed by atoms with Gasteiger partial charge in [-0.3, -0.25) is 11.3 Å². The first kappa shape index (κ1) is 13.5. The molecule has 16 heavy (non-hydrogen) atoms. The summed E-state index contributed by atoms with van der Waals surface area (Å²) in [5.74, 6) is 6.15. The molecule has 0 aliphatic rings. The molecule has 0 fully saturated rings. The number of nitrogens with two attached hydrogens (primary N) is 1. The molecule has 0 aliphatic carbocycles. The van der Waals surface area contributed by atoms with Crippen LogP contribution in [0, 0.1) is 12.7 Å². The van der Waals surface area contributed by atoms with E-state index in [1.54, 1.807) is 17.8 Å². The molecule has 0 saturated carbocycles. The maximum atomic E-state index is 13.2. The van der Waals surface area contributed by atoms with Gasteiger partial charge in [0.2, 0.25) is 0 Å². The Kier molecular flexibility index (Phi) is 5.25. The fourth-order valence-corrected chi connectivity index (χ4v) is 2.36. The minimum atomic E-state index is -0.204. The zero-order valence-corrected chi connectivity index (χ0v) is 10.8. The van der Waals surface area contributed by atoms with Gasteiger partial charge in [-0.2, -0.15) is 11.8 Å². The van der Waals surface area contributed by atoms with Crippen LogP contribution >= 0.6 is 11.8 Å². The second kappa shape index (κ2) is 6.23. The summed E-state index contributed by atoms with van der Waals surface area (Å²) in [5.41, 5.74) is 4.57. The highest BCUT2D eigenvalue weighted by Gasteiger charge is 2.12. The predicted molar refractivity (Wildman–Crippen MR) is 68.8 cm³/mol. The Labute approximate surface area is 101 Å². The Hall–Kier alpha value is -0.580. The van der Waals surface area contributed by atoms with Gasteiger partial charge >= 0.3 is 0 Å². The van der Waals surface area contributed by atoms with E-state index in [1.807, 2.05) is 13.0 Å². The zero-order chi connectivity index (χ0) is 12.1. The van der Waals surface area contributed by atoms with Crippen LogP contribution in [0.15, 0.2) is 18.2 Å². The van der Waals surface area contributed by atoms with Crippen LogP contribution in [0.4, 0.5) is 4.39 Å². The summed E-state index contributed by atoms with van der Waals surface area (Å²) in [6.45, 7) is 6.15. The Morgan fingerprint density at radius 3 is 2.56 bits per heavy atom. The molecular formula is C12H19FN2S. The summed E-state index contributed by atoms with van der Waals surface area (Å²) in [4.78, 5) is 0. The van der Waals surface area contributed by atoms with Gasteiger partial charge in [0.1, 0.15) is 5.82 Å². The molecule has 0 aliphatic heterocycles. The SMILES string of the molecule is Cc1cc(F)cc(C(CSC(C)C)NN)c1. The summed E-state index contributed by atoms with van der Waals surface area (Å²) in [7, 11) is 0. The molecule has 0 saturated heterocycles. The van der Waals surface area contributed by atoms with E-state index in [0.717, 1.165) is 16.9 Å².